The number of fused-ring (bicyclic) bond motifs is 4. The van der Waals surface area contributed by atoms with E-state index < -0.39 is 0 Å². The minimum atomic E-state index is 0.585. The Balaban J connectivity index is 1.25. The minimum Gasteiger partial charge on any atom is -0.456 e. The van der Waals surface area contributed by atoms with Crippen molar-refractivity contribution in [2.24, 2.45) is 0 Å². The minimum absolute atomic E-state index is 0.585. The van der Waals surface area contributed by atoms with Crippen LogP contribution in [0.25, 0.3) is 100 Å². The van der Waals surface area contributed by atoms with Crippen LogP contribution < -0.4 is 0 Å². The fourth-order valence-corrected chi connectivity index (χ4v) is 7.41. The van der Waals surface area contributed by atoms with Crippen molar-refractivity contribution in [3.05, 3.63) is 188 Å². The van der Waals surface area contributed by atoms with E-state index in [1.54, 1.807) is 0 Å². The summed E-state index contributed by atoms with van der Waals surface area (Å²) in [6.07, 6.45) is 0. The van der Waals surface area contributed by atoms with Crippen LogP contribution in [-0.4, -0.2) is 15.0 Å². The van der Waals surface area contributed by atoms with Crippen molar-refractivity contribution in [2.45, 2.75) is 0 Å². The van der Waals surface area contributed by atoms with Crippen molar-refractivity contribution in [3.8, 4) is 67.5 Å². The van der Waals surface area contributed by atoms with E-state index in [9.17, 15) is 0 Å². The average Bonchev–Trinajstić information content (AvgIpc) is 3.62. The van der Waals surface area contributed by atoms with Gasteiger partial charge in [-0.15, -0.1) is 0 Å². The second kappa shape index (κ2) is 12.9. The standard InChI is InChI=1S/C49H31N3O/c1-4-15-32(16-5-1)37-30-43(46-41-24-12-13-26-44(41)53-45(46)31-37)49-51-47(35-20-8-3-9-21-35)50-48(52-49)36-27-28-39(33-17-6-2-7-18-33)42(29-36)40-25-14-22-34-19-10-11-23-38(34)40/h1-31H. The van der Waals surface area contributed by atoms with E-state index in [4.69, 9.17) is 19.4 Å². The van der Waals surface area contributed by atoms with Gasteiger partial charge in [-0.1, -0.05) is 164 Å². The van der Waals surface area contributed by atoms with E-state index in [1.807, 2.05) is 54.6 Å². The Morgan fingerprint density at radius 3 is 1.66 bits per heavy atom. The van der Waals surface area contributed by atoms with Gasteiger partial charge in [-0.2, -0.15) is 0 Å². The molecule has 0 aliphatic heterocycles. The first-order valence-electron chi connectivity index (χ1n) is 17.8. The molecule has 4 nitrogen and oxygen atoms in total. The molecule has 4 heteroatoms. The molecule has 0 bridgehead atoms. The Bertz CT molecular complexity index is 2930. The lowest BCUT2D eigenvalue weighted by Gasteiger charge is -2.15. The van der Waals surface area contributed by atoms with Crippen molar-refractivity contribution in [3.63, 3.8) is 0 Å². The number of furan rings is 1. The zero-order valence-electron chi connectivity index (χ0n) is 28.6. The van der Waals surface area contributed by atoms with Gasteiger partial charge in [0.15, 0.2) is 17.5 Å². The summed E-state index contributed by atoms with van der Waals surface area (Å²) in [5, 5.41) is 4.38. The Hall–Kier alpha value is -7.17. The Morgan fingerprint density at radius 1 is 0.302 bits per heavy atom. The SMILES string of the molecule is c1ccc(-c2cc(-c3nc(-c4ccccc4)nc(-c4ccc(-c5ccccc5)c(-c5cccc6ccccc56)c4)n3)c3c(c2)oc2ccccc23)cc1. The van der Waals surface area contributed by atoms with E-state index in [2.05, 4.69) is 133 Å². The number of para-hydroxylation sites is 1. The maximum absolute atomic E-state index is 6.49. The molecule has 0 saturated heterocycles. The van der Waals surface area contributed by atoms with Gasteiger partial charge in [0.25, 0.3) is 0 Å². The molecule has 0 N–H and O–H groups in total. The highest BCUT2D eigenvalue weighted by Gasteiger charge is 2.21. The summed E-state index contributed by atoms with van der Waals surface area (Å²) in [6.45, 7) is 0. The van der Waals surface area contributed by atoms with Gasteiger partial charge in [0.2, 0.25) is 0 Å². The fraction of sp³-hybridized carbons (Fsp3) is 0. The first-order chi connectivity index (χ1) is 26.3. The molecule has 0 unspecified atom stereocenters. The molecule has 2 aromatic heterocycles. The van der Waals surface area contributed by atoms with Gasteiger partial charge in [0.05, 0.1) is 0 Å². The van der Waals surface area contributed by atoms with Crippen LogP contribution in [0, 0.1) is 0 Å². The number of hydrogen-bond acceptors (Lipinski definition) is 4. The van der Waals surface area contributed by atoms with Crippen LogP contribution in [0.5, 0.6) is 0 Å². The van der Waals surface area contributed by atoms with Crippen molar-refractivity contribution in [1.29, 1.82) is 0 Å². The lowest BCUT2D eigenvalue weighted by Crippen LogP contribution is -2.01. The topological polar surface area (TPSA) is 51.8 Å². The molecule has 53 heavy (non-hydrogen) atoms. The zero-order chi connectivity index (χ0) is 35.1. The first-order valence-corrected chi connectivity index (χ1v) is 17.8. The molecule has 0 spiro atoms. The summed E-state index contributed by atoms with van der Waals surface area (Å²) in [5.41, 5.74) is 11.0. The Kier molecular flexibility index (Phi) is 7.43. The summed E-state index contributed by atoms with van der Waals surface area (Å²) >= 11 is 0. The summed E-state index contributed by atoms with van der Waals surface area (Å²) in [4.78, 5) is 15.7. The van der Waals surface area contributed by atoms with Crippen LogP contribution in [0.1, 0.15) is 0 Å². The predicted octanol–water partition coefficient (Wildman–Crippen LogP) is 12.9. The van der Waals surface area contributed by atoms with Crippen LogP contribution in [0.4, 0.5) is 0 Å². The second-order valence-electron chi connectivity index (χ2n) is 13.2. The smallest absolute Gasteiger partial charge is 0.164 e. The van der Waals surface area contributed by atoms with Gasteiger partial charge in [-0.25, -0.2) is 15.0 Å². The number of aromatic nitrogens is 3. The van der Waals surface area contributed by atoms with Gasteiger partial charge in [0, 0.05) is 27.5 Å². The normalized spacial score (nSPS) is 11.4. The zero-order valence-corrected chi connectivity index (χ0v) is 28.6. The quantitative estimate of drug-likeness (QED) is 0.176. The summed E-state index contributed by atoms with van der Waals surface area (Å²) < 4.78 is 6.49. The molecular formula is C49H31N3O. The molecule has 10 rings (SSSR count). The van der Waals surface area contributed by atoms with E-state index >= 15 is 0 Å². The second-order valence-corrected chi connectivity index (χ2v) is 13.2. The highest BCUT2D eigenvalue weighted by atomic mass is 16.3. The predicted molar refractivity (Wildman–Crippen MR) is 217 cm³/mol. The third-order valence-electron chi connectivity index (χ3n) is 9.94. The molecule has 0 amide bonds. The molecule has 0 aliphatic rings. The third kappa shape index (κ3) is 5.54. The van der Waals surface area contributed by atoms with E-state index in [-0.39, 0.29) is 0 Å². The van der Waals surface area contributed by atoms with Gasteiger partial charge in [0.1, 0.15) is 11.2 Å². The molecule has 10 aromatic rings. The molecule has 0 fully saturated rings. The van der Waals surface area contributed by atoms with Crippen LogP contribution in [-0.2, 0) is 0 Å². The van der Waals surface area contributed by atoms with Crippen LogP contribution in [0.15, 0.2) is 192 Å². The number of rotatable bonds is 6. The summed E-state index contributed by atoms with van der Waals surface area (Å²) in [7, 11) is 0. The summed E-state index contributed by atoms with van der Waals surface area (Å²) in [5.74, 6) is 1.79. The third-order valence-corrected chi connectivity index (χ3v) is 9.94. The van der Waals surface area contributed by atoms with Crippen molar-refractivity contribution in [2.75, 3.05) is 0 Å². The van der Waals surface area contributed by atoms with Gasteiger partial charge >= 0.3 is 0 Å². The van der Waals surface area contributed by atoms with Crippen LogP contribution in [0.3, 0.4) is 0 Å². The molecular weight excluding hydrogens is 647 g/mol. The summed E-state index contributed by atoms with van der Waals surface area (Å²) in [6, 6.07) is 65.2. The molecule has 0 atom stereocenters. The lowest BCUT2D eigenvalue weighted by molar-refractivity contribution is 0.669. The van der Waals surface area contributed by atoms with E-state index in [1.165, 1.54) is 10.8 Å². The van der Waals surface area contributed by atoms with Gasteiger partial charge in [-0.3, -0.25) is 0 Å². The molecule has 248 valence electrons. The van der Waals surface area contributed by atoms with Crippen molar-refractivity contribution >= 4 is 32.7 Å². The molecule has 0 saturated carbocycles. The first kappa shape index (κ1) is 30.6. The Morgan fingerprint density at radius 2 is 0.887 bits per heavy atom. The number of nitrogens with zero attached hydrogens (tertiary/aromatic N) is 3. The molecule has 2 heterocycles. The lowest BCUT2D eigenvalue weighted by atomic mass is 9.90. The van der Waals surface area contributed by atoms with Crippen LogP contribution in [0.2, 0.25) is 0 Å². The maximum Gasteiger partial charge on any atom is 0.164 e. The van der Waals surface area contributed by atoms with Gasteiger partial charge < -0.3 is 4.42 Å². The van der Waals surface area contributed by atoms with Crippen molar-refractivity contribution < 1.29 is 4.42 Å². The van der Waals surface area contributed by atoms with Crippen LogP contribution >= 0.6 is 0 Å². The molecule has 0 radical (unpaired) electrons. The monoisotopic (exact) mass is 677 g/mol. The largest absolute Gasteiger partial charge is 0.456 e. The Labute approximate surface area is 306 Å². The van der Waals surface area contributed by atoms with Gasteiger partial charge in [-0.05, 0) is 68.4 Å². The molecule has 8 aromatic carbocycles. The van der Waals surface area contributed by atoms with E-state index in [0.717, 1.165) is 72.0 Å². The highest BCUT2D eigenvalue weighted by molar-refractivity contribution is 6.13. The average molecular weight is 678 g/mol. The van der Waals surface area contributed by atoms with Crippen molar-refractivity contribution in [1.82, 2.24) is 15.0 Å². The van der Waals surface area contributed by atoms with E-state index in [0.29, 0.717) is 17.5 Å². The fourth-order valence-electron chi connectivity index (χ4n) is 7.41. The molecule has 0 aliphatic carbocycles. The number of benzene rings is 8. The number of hydrogen-bond donors (Lipinski definition) is 0. The maximum atomic E-state index is 6.49. The highest BCUT2D eigenvalue weighted by Crippen LogP contribution is 2.41.